The number of nitrogens with zero attached hydrogens (tertiary/aromatic N) is 2. The molecule has 120 valence electrons. The largest absolute Gasteiger partial charge is 0.490 e. The number of nitro benzene ring substituents is 1. The van der Waals surface area contributed by atoms with Gasteiger partial charge in [-0.3, -0.25) is 14.9 Å². The Labute approximate surface area is 127 Å². The summed E-state index contributed by atoms with van der Waals surface area (Å²) in [5, 5.41) is 11.4. The van der Waals surface area contributed by atoms with Crippen LogP contribution in [-0.2, 0) is 0 Å². The Bertz CT molecular complexity index is 613. The minimum Gasteiger partial charge on any atom is -0.490 e. The molecule has 0 radical (unpaired) electrons. The predicted octanol–water partition coefficient (Wildman–Crippen LogP) is 1.65. The number of ether oxygens (including phenoxy) is 1. The molecule has 0 spiro atoms. The van der Waals surface area contributed by atoms with Crippen molar-refractivity contribution in [3.63, 3.8) is 0 Å². The standard InChI is InChI=1S/C14H18FN3O4/c1-17-5-3-8(4-6-17)11-12(15)9(14(16)19)7-10(22-2)13(11)18(20)21/h7-8H,3-6H2,1-2H3,(H2,16,19). The zero-order valence-corrected chi connectivity index (χ0v) is 12.5. The van der Waals surface area contributed by atoms with Gasteiger partial charge in [-0.2, -0.15) is 0 Å². The van der Waals surface area contributed by atoms with Crippen LogP contribution in [0.2, 0.25) is 0 Å². The lowest BCUT2D eigenvalue weighted by atomic mass is 9.86. The summed E-state index contributed by atoms with van der Waals surface area (Å²) in [6, 6.07) is 0.994. The maximum absolute atomic E-state index is 14.7. The lowest BCUT2D eigenvalue weighted by Crippen LogP contribution is -2.30. The van der Waals surface area contributed by atoms with Crippen LogP contribution in [0.4, 0.5) is 10.1 Å². The van der Waals surface area contributed by atoms with Crippen LogP contribution in [0.1, 0.15) is 34.7 Å². The molecule has 0 atom stereocenters. The van der Waals surface area contributed by atoms with Gasteiger partial charge >= 0.3 is 5.69 Å². The minimum atomic E-state index is -0.972. The van der Waals surface area contributed by atoms with Gasteiger partial charge < -0.3 is 15.4 Å². The zero-order chi connectivity index (χ0) is 16.4. The Balaban J connectivity index is 2.64. The molecule has 1 aromatic carbocycles. The van der Waals surface area contributed by atoms with E-state index in [9.17, 15) is 19.3 Å². The van der Waals surface area contributed by atoms with Gasteiger partial charge in [0.05, 0.1) is 23.2 Å². The summed E-state index contributed by atoms with van der Waals surface area (Å²) in [5.41, 5.74) is 4.30. The average Bonchev–Trinajstić information content (AvgIpc) is 2.47. The van der Waals surface area contributed by atoms with E-state index in [1.165, 1.54) is 7.11 Å². The van der Waals surface area contributed by atoms with Gasteiger partial charge in [0.15, 0.2) is 5.75 Å². The topological polar surface area (TPSA) is 98.7 Å². The quantitative estimate of drug-likeness (QED) is 0.673. The lowest BCUT2D eigenvalue weighted by Gasteiger charge is -2.29. The Hall–Kier alpha value is -2.22. The van der Waals surface area contributed by atoms with E-state index in [0.29, 0.717) is 25.9 Å². The van der Waals surface area contributed by atoms with Crippen molar-refractivity contribution in [1.29, 1.82) is 0 Å². The van der Waals surface area contributed by atoms with Gasteiger partial charge in [-0.25, -0.2) is 4.39 Å². The van der Waals surface area contributed by atoms with Crippen LogP contribution < -0.4 is 10.5 Å². The van der Waals surface area contributed by atoms with Crippen molar-refractivity contribution < 1.29 is 18.8 Å². The molecule has 2 rings (SSSR count). The van der Waals surface area contributed by atoms with Crippen molar-refractivity contribution in [3.05, 3.63) is 33.1 Å². The molecule has 0 bridgehead atoms. The normalized spacial score (nSPS) is 16.5. The Morgan fingerprint density at radius 2 is 2.09 bits per heavy atom. The highest BCUT2D eigenvalue weighted by Crippen LogP contribution is 2.42. The second-order valence-corrected chi connectivity index (χ2v) is 5.40. The number of likely N-dealkylation sites (tertiary alicyclic amines) is 1. The Morgan fingerprint density at radius 3 is 2.55 bits per heavy atom. The number of rotatable bonds is 4. The summed E-state index contributed by atoms with van der Waals surface area (Å²) < 4.78 is 19.6. The molecule has 0 aliphatic carbocycles. The first-order chi connectivity index (χ1) is 10.4. The van der Waals surface area contributed by atoms with Gasteiger partial charge in [0, 0.05) is 6.07 Å². The van der Waals surface area contributed by atoms with Crippen LogP contribution in [0, 0.1) is 15.9 Å². The molecule has 1 heterocycles. The number of nitro groups is 1. The predicted molar refractivity (Wildman–Crippen MR) is 77.6 cm³/mol. The number of hydrogen-bond acceptors (Lipinski definition) is 5. The Morgan fingerprint density at radius 1 is 1.50 bits per heavy atom. The molecule has 1 saturated heterocycles. The first kappa shape index (κ1) is 16.2. The summed E-state index contributed by atoms with van der Waals surface area (Å²) in [4.78, 5) is 24.2. The van der Waals surface area contributed by atoms with E-state index in [2.05, 4.69) is 4.90 Å². The van der Waals surface area contributed by atoms with Gasteiger partial charge in [0.2, 0.25) is 0 Å². The number of hydrogen-bond donors (Lipinski definition) is 1. The molecule has 1 aliphatic rings. The third kappa shape index (κ3) is 2.87. The number of piperidine rings is 1. The monoisotopic (exact) mass is 311 g/mol. The van der Waals surface area contributed by atoms with Crippen LogP contribution in [0.15, 0.2) is 6.07 Å². The molecule has 2 N–H and O–H groups in total. The molecule has 0 unspecified atom stereocenters. The van der Waals surface area contributed by atoms with Gasteiger partial charge in [-0.1, -0.05) is 0 Å². The Kier molecular flexibility index (Phi) is 4.60. The number of carbonyl (C=O) groups excluding carboxylic acids is 1. The van der Waals surface area contributed by atoms with E-state index in [0.717, 1.165) is 6.07 Å². The van der Waals surface area contributed by atoms with E-state index in [-0.39, 0.29) is 22.8 Å². The SMILES string of the molecule is COc1cc(C(N)=O)c(F)c(C2CCN(C)CC2)c1[N+](=O)[O-]. The number of amides is 1. The van der Waals surface area contributed by atoms with Gasteiger partial charge in [0.25, 0.3) is 5.91 Å². The first-order valence-electron chi connectivity index (χ1n) is 6.90. The molecule has 1 aliphatic heterocycles. The maximum Gasteiger partial charge on any atom is 0.317 e. The summed E-state index contributed by atoms with van der Waals surface area (Å²) >= 11 is 0. The fraction of sp³-hybridized carbons (Fsp3) is 0.500. The minimum absolute atomic E-state index is 0.0775. The van der Waals surface area contributed by atoms with Crippen LogP contribution in [0.3, 0.4) is 0 Å². The molecule has 0 aromatic heterocycles. The van der Waals surface area contributed by atoms with Crippen molar-refractivity contribution in [1.82, 2.24) is 4.90 Å². The van der Waals surface area contributed by atoms with Gasteiger partial charge in [0.1, 0.15) is 5.82 Å². The van der Waals surface area contributed by atoms with Crippen LogP contribution in [-0.4, -0.2) is 43.0 Å². The van der Waals surface area contributed by atoms with E-state index in [4.69, 9.17) is 10.5 Å². The number of nitrogens with two attached hydrogens (primary N) is 1. The van der Waals surface area contributed by atoms with Crippen molar-refractivity contribution in [2.45, 2.75) is 18.8 Å². The fourth-order valence-corrected chi connectivity index (χ4v) is 2.84. The van der Waals surface area contributed by atoms with Crippen molar-refractivity contribution in [2.75, 3.05) is 27.2 Å². The third-order valence-corrected chi connectivity index (χ3v) is 4.03. The van der Waals surface area contributed by atoms with E-state index in [1.54, 1.807) is 0 Å². The van der Waals surface area contributed by atoms with E-state index < -0.39 is 22.3 Å². The molecule has 22 heavy (non-hydrogen) atoms. The molecule has 1 amide bonds. The fourth-order valence-electron chi connectivity index (χ4n) is 2.84. The van der Waals surface area contributed by atoms with Crippen molar-refractivity contribution in [2.24, 2.45) is 5.73 Å². The molecule has 7 nitrogen and oxygen atoms in total. The van der Waals surface area contributed by atoms with Crippen LogP contribution in [0.5, 0.6) is 5.75 Å². The summed E-state index contributed by atoms with van der Waals surface area (Å²) in [5.74, 6) is -2.37. The average molecular weight is 311 g/mol. The summed E-state index contributed by atoms with van der Waals surface area (Å²) in [6.07, 6.45) is 1.14. The molecule has 1 fully saturated rings. The zero-order valence-electron chi connectivity index (χ0n) is 12.5. The number of methoxy groups -OCH3 is 1. The second kappa shape index (κ2) is 6.27. The number of carbonyl (C=O) groups is 1. The molecular weight excluding hydrogens is 293 g/mol. The summed E-state index contributed by atoms with van der Waals surface area (Å²) in [6.45, 7) is 1.40. The van der Waals surface area contributed by atoms with Crippen LogP contribution >= 0.6 is 0 Å². The first-order valence-corrected chi connectivity index (χ1v) is 6.90. The molecular formula is C14H18FN3O4. The van der Waals surface area contributed by atoms with Gasteiger partial charge in [-0.15, -0.1) is 0 Å². The van der Waals surface area contributed by atoms with E-state index >= 15 is 0 Å². The number of primary amides is 1. The van der Waals surface area contributed by atoms with Crippen molar-refractivity contribution >= 4 is 11.6 Å². The summed E-state index contributed by atoms with van der Waals surface area (Å²) in [7, 11) is 3.17. The maximum atomic E-state index is 14.7. The third-order valence-electron chi connectivity index (χ3n) is 4.03. The van der Waals surface area contributed by atoms with Gasteiger partial charge in [-0.05, 0) is 38.9 Å². The highest BCUT2D eigenvalue weighted by Gasteiger charge is 2.35. The highest BCUT2D eigenvalue weighted by molar-refractivity contribution is 5.94. The van der Waals surface area contributed by atoms with Crippen molar-refractivity contribution in [3.8, 4) is 5.75 Å². The number of benzene rings is 1. The molecule has 0 saturated carbocycles. The molecule has 8 heteroatoms. The highest BCUT2D eigenvalue weighted by atomic mass is 19.1. The lowest BCUT2D eigenvalue weighted by molar-refractivity contribution is -0.386. The number of halogens is 1. The van der Waals surface area contributed by atoms with Crippen LogP contribution in [0.25, 0.3) is 0 Å². The smallest absolute Gasteiger partial charge is 0.317 e. The van der Waals surface area contributed by atoms with E-state index in [1.807, 2.05) is 7.05 Å². The second-order valence-electron chi connectivity index (χ2n) is 5.40. The molecule has 1 aromatic rings.